The minimum atomic E-state index is -3.34. The SMILES string of the molecule is Cc1cc(Br)cc(N)c1NS(=O)(=O)CC(C)C. The summed E-state index contributed by atoms with van der Waals surface area (Å²) in [5, 5.41) is 0. The van der Waals surface area contributed by atoms with E-state index in [0.29, 0.717) is 11.4 Å². The third kappa shape index (κ3) is 4.20. The third-order valence-corrected chi connectivity index (χ3v) is 4.22. The van der Waals surface area contributed by atoms with Gasteiger partial charge in [0.05, 0.1) is 17.1 Å². The Morgan fingerprint density at radius 2 is 2.00 bits per heavy atom. The molecule has 0 aromatic heterocycles. The van der Waals surface area contributed by atoms with Crippen LogP contribution in [0.3, 0.4) is 0 Å². The number of sulfonamides is 1. The number of anilines is 2. The summed E-state index contributed by atoms with van der Waals surface area (Å²) in [6.07, 6.45) is 0. The van der Waals surface area contributed by atoms with Crippen LogP contribution in [0.25, 0.3) is 0 Å². The van der Waals surface area contributed by atoms with E-state index >= 15 is 0 Å². The van der Waals surface area contributed by atoms with Crippen molar-refractivity contribution in [3.05, 3.63) is 22.2 Å². The maximum atomic E-state index is 11.8. The Labute approximate surface area is 111 Å². The number of hydrogen-bond donors (Lipinski definition) is 2. The number of halogens is 1. The van der Waals surface area contributed by atoms with E-state index in [0.717, 1.165) is 10.0 Å². The molecule has 0 saturated carbocycles. The standard InChI is InChI=1S/C11H17BrN2O2S/c1-7(2)6-17(15,16)14-11-8(3)4-9(12)5-10(11)13/h4-5,7,14H,6,13H2,1-3H3. The lowest BCUT2D eigenvalue weighted by Gasteiger charge is -2.14. The largest absolute Gasteiger partial charge is 0.397 e. The Bertz CT molecular complexity index is 489. The van der Waals surface area contributed by atoms with E-state index in [-0.39, 0.29) is 11.7 Å². The van der Waals surface area contributed by atoms with Gasteiger partial charge in [0.15, 0.2) is 0 Å². The smallest absolute Gasteiger partial charge is 0.233 e. The number of aryl methyl sites for hydroxylation is 1. The summed E-state index contributed by atoms with van der Waals surface area (Å²) in [4.78, 5) is 0. The van der Waals surface area contributed by atoms with Crippen LogP contribution in [0.4, 0.5) is 11.4 Å². The van der Waals surface area contributed by atoms with Crippen molar-refractivity contribution in [1.82, 2.24) is 0 Å². The molecular weight excluding hydrogens is 304 g/mol. The molecule has 1 aromatic carbocycles. The van der Waals surface area contributed by atoms with Gasteiger partial charge in [0.1, 0.15) is 0 Å². The van der Waals surface area contributed by atoms with Crippen LogP contribution in [-0.2, 0) is 10.0 Å². The number of nitrogen functional groups attached to an aromatic ring is 1. The normalized spacial score (nSPS) is 11.8. The van der Waals surface area contributed by atoms with Gasteiger partial charge in [-0.15, -0.1) is 0 Å². The predicted octanol–water partition coefficient (Wildman–Crippen LogP) is 2.74. The van der Waals surface area contributed by atoms with E-state index < -0.39 is 10.0 Å². The molecule has 0 aliphatic rings. The van der Waals surface area contributed by atoms with Gasteiger partial charge >= 0.3 is 0 Å². The van der Waals surface area contributed by atoms with E-state index in [9.17, 15) is 8.42 Å². The monoisotopic (exact) mass is 320 g/mol. The molecule has 1 aromatic rings. The first-order valence-corrected chi connectivity index (χ1v) is 7.72. The highest BCUT2D eigenvalue weighted by Gasteiger charge is 2.16. The summed E-state index contributed by atoms with van der Waals surface area (Å²) in [6, 6.07) is 3.50. The van der Waals surface area contributed by atoms with Crippen LogP contribution in [0.15, 0.2) is 16.6 Å². The van der Waals surface area contributed by atoms with Crippen LogP contribution < -0.4 is 10.5 Å². The van der Waals surface area contributed by atoms with Gasteiger partial charge in [-0.3, -0.25) is 4.72 Å². The number of nitrogens with two attached hydrogens (primary N) is 1. The maximum Gasteiger partial charge on any atom is 0.233 e. The molecule has 1 rings (SSSR count). The quantitative estimate of drug-likeness (QED) is 0.838. The van der Waals surface area contributed by atoms with Gasteiger partial charge in [0.25, 0.3) is 0 Å². The zero-order valence-corrected chi connectivity index (χ0v) is 12.5. The van der Waals surface area contributed by atoms with E-state index in [1.54, 1.807) is 6.07 Å². The van der Waals surface area contributed by atoms with Crippen molar-refractivity contribution in [1.29, 1.82) is 0 Å². The third-order valence-electron chi connectivity index (χ3n) is 2.14. The second kappa shape index (κ2) is 5.27. The topological polar surface area (TPSA) is 72.2 Å². The van der Waals surface area contributed by atoms with Crippen molar-refractivity contribution in [2.75, 3.05) is 16.2 Å². The minimum Gasteiger partial charge on any atom is -0.397 e. The van der Waals surface area contributed by atoms with Crippen molar-refractivity contribution in [3.63, 3.8) is 0 Å². The number of rotatable bonds is 4. The van der Waals surface area contributed by atoms with Crippen LogP contribution in [-0.4, -0.2) is 14.2 Å². The summed E-state index contributed by atoms with van der Waals surface area (Å²) in [5.41, 5.74) is 7.49. The zero-order chi connectivity index (χ0) is 13.2. The summed E-state index contributed by atoms with van der Waals surface area (Å²) in [6.45, 7) is 5.53. The lowest BCUT2D eigenvalue weighted by Crippen LogP contribution is -2.21. The van der Waals surface area contributed by atoms with E-state index in [2.05, 4.69) is 20.7 Å². The van der Waals surface area contributed by atoms with Gasteiger partial charge in [-0.1, -0.05) is 29.8 Å². The van der Waals surface area contributed by atoms with Gasteiger partial charge < -0.3 is 5.73 Å². The molecule has 0 aliphatic carbocycles. The molecule has 0 atom stereocenters. The molecule has 0 heterocycles. The summed E-state index contributed by atoms with van der Waals surface area (Å²) in [5.74, 6) is 0.159. The fraction of sp³-hybridized carbons (Fsp3) is 0.455. The average Bonchev–Trinajstić information content (AvgIpc) is 2.09. The van der Waals surface area contributed by atoms with Gasteiger partial charge in [0, 0.05) is 4.47 Å². The molecule has 96 valence electrons. The van der Waals surface area contributed by atoms with Crippen molar-refractivity contribution >= 4 is 37.3 Å². The molecule has 4 nitrogen and oxygen atoms in total. The summed E-state index contributed by atoms with van der Waals surface area (Å²) >= 11 is 3.31. The lowest BCUT2D eigenvalue weighted by atomic mass is 10.2. The van der Waals surface area contributed by atoms with Crippen molar-refractivity contribution in [3.8, 4) is 0 Å². The van der Waals surface area contributed by atoms with Crippen molar-refractivity contribution < 1.29 is 8.42 Å². The molecule has 0 amide bonds. The van der Waals surface area contributed by atoms with Crippen LogP contribution in [0.2, 0.25) is 0 Å². The summed E-state index contributed by atoms with van der Waals surface area (Å²) < 4.78 is 27.0. The van der Waals surface area contributed by atoms with E-state index in [1.165, 1.54) is 0 Å². The second-order valence-electron chi connectivity index (χ2n) is 4.46. The number of nitrogens with one attached hydrogen (secondary N) is 1. The van der Waals surface area contributed by atoms with E-state index in [4.69, 9.17) is 5.73 Å². The van der Waals surface area contributed by atoms with Crippen molar-refractivity contribution in [2.45, 2.75) is 20.8 Å². The average molecular weight is 321 g/mol. The van der Waals surface area contributed by atoms with Gasteiger partial charge in [-0.2, -0.15) is 0 Å². The highest BCUT2D eigenvalue weighted by atomic mass is 79.9. The lowest BCUT2D eigenvalue weighted by molar-refractivity contribution is 0.587. The fourth-order valence-corrected chi connectivity index (χ4v) is 3.69. The molecular formula is C11H17BrN2O2S. The second-order valence-corrected chi connectivity index (χ2v) is 7.15. The van der Waals surface area contributed by atoms with Gasteiger partial charge in [-0.25, -0.2) is 8.42 Å². The Morgan fingerprint density at radius 1 is 1.41 bits per heavy atom. The molecule has 0 aliphatic heterocycles. The highest BCUT2D eigenvalue weighted by molar-refractivity contribution is 9.10. The predicted molar refractivity (Wildman–Crippen MR) is 75.5 cm³/mol. The molecule has 6 heteroatoms. The van der Waals surface area contributed by atoms with E-state index in [1.807, 2.05) is 26.8 Å². The Balaban J connectivity index is 3.04. The molecule has 0 unspecified atom stereocenters. The van der Waals surface area contributed by atoms with Crippen molar-refractivity contribution in [2.24, 2.45) is 5.92 Å². The first kappa shape index (κ1) is 14.3. The molecule has 0 fully saturated rings. The molecule has 0 saturated heterocycles. The number of hydrogen-bond acceptors (Lipinski definition) is 3. The van der Waals surface area contributed by atoms with Crippen LogP contribution in [0.5, 0.6) is 0 Å². The Morgan fingerprint density at radius 3 is 2.47 bits per heavy atom. The Kier molecular flexibility index (Phi) is 4.43. The molecule has 17 heavy (non-hydrogen) atoms. The van der Waals surface area contributed by atoms with Crippen LogP contribution >= 0.6 is 15.9 Å². The minimum absolute atomic E-state index is 0.0736. The first-order valence-electron chi connectivity index (χ1n) is 5.27. The van der Waals surface area contributed by atoms with Gasteiger partial charge in [0.2, 0.25) is 10.0 Å². The molecule has 0 bridgehead atoms. The number of benzene rings is 1. The Hall–Kier alpha value is -0.750. The first-order chi connectivity index (χ1) is 7.71. The molecule has 0 radical (unpaired) electrons. The highest BCUT2D eigenvalue weighted by Crippen LogP contribution is 2.28. The van der Waals surface area contributed by atoms with Crippen LogP contribution in [0.1, 0.15) is 19.4 Å². The zero-order valence-electron chi connectivity index (χ0n) is 10.1. The summed E-state index contributed by atoms with van der Waals surface area (Å²) in [7, 11) is -3.34. The van der Waals surface area contributed by atoms with Crippen LogP contribution in [0, 0.1) is 12.8 Å². The molecule has 3 N–H and O–H groups in total. The maximum absolute atomic E-state index is 11.8. The van der Waals surface area contributed by atoms with Gasteiger partial charge in [-0.05, 0) is 30.5 Å². The molecule has 0 spiro atoms. The fourth-order valence-electron chi connectivity index (χ4n) is 1.54.